The first kappa shape index (κ1) is 28.9. The smallest absolute Gasteiger partial charge is 0.416 e. The van der Waals surface area contributed by atoms with Crippen molar-refractivity contribution < 1.29 is 32.0 Å². The summed E-state index contributed by atoms with van der Waals surface area (Å²) in [5.74, 6) is 0. The van der Waals surface area contributed by atoms with Crippen molar-refractivity contribution in [3.05, 3.63) is 29.7 Å². The quantitative estimate of drug-likeness (QED) is 0.425. The van der Waals surface area contributed by atoms with E-state index in [2.05, 4.69) is 19.8 Å². The fraction of sp³-hybridized carbons (Fsp3) is 0.636. The van der Waals surface area contributed by atoms with Gasteiger partial charge >= 0.3 is 12.3 Å². The topological polar surface area (TPSA) is 113 Å². The Morgan fingerprint density at radius 2 is 1.86 bits per heavy atom. The van der Waals surface area contributed by atoms with Crippen LogP contribution in [0.5, 0.6) is 0 Å². The molecule has 0 aliphatic rings. The lowest BCUT2D eigenvalue weighted by molar-refractivity contribution is -0.265. The Balaban J connectivity index is 2.33. The van der Waals surface area contributed by atoms with Gasteiger partial charge in [0.05, 0.1) is 37.0 Å². The largest absolute Gasteiger partial charge is 0.591 e. The van der Waals surface area contributed by atoms with Crippen LogP contribution in [0.3, 0.4) is 0 Å². The zero-order chi connectivity index (χ0) is 26.8. The fourth-order valence-corrected chi connectivity index (χ4v) is 2.97. The number of hydrogen-bond donors (Lipinski definition) is 1. The monoisotopic (exact) mass is 519 g/mol. The van der Waals surface area contributed by atoms with Gasteiger partial charge in [-0.15, -0.1) is 0 Å². The highest BCUT2D eigenvalue weighted by Crippen LogP contribution is 2.33. The molecule has 0 spiro atoms. The number of ether oxygens (including phenoxy) is 2. The Morgan fingerprint density at radius 1 is 1.23 bits per heavy atom. The third-order valence-corrected chi connectivity index (χ3v) is 5.87. The van der Waals surface area contributed by atoms with Gasteiger partial charge in [-0.25, -0.2) is 14.3 Å². The van der Waals surface area contributed by atoms with E-state index in [-0.39, 0.29) is 5.69 Å². The van der Waals surface area contributed by atoms with Crippen molar-refractivity contribution in [1.29, 1.82) is 0 Å². The van der Waals surface area contributed by atoms with E-state index >= 15 is 0 Å². The third-order valence-electron chi connectivity index (χ3n) is 4.52. The van der Waals surface area contributed by atoms with Crippen LogP contribution in [0.1, 0.15) is 72.7 Å². The molecule has 1 N–H and O–H groups in total. The number of alkyl halides is 3. The van der Waals surface area contributed by atoms with Crippen molar-refractivity contribution in [1.82, 2.24) is 19.9 Å². The molecule has 0 radical (unpaired) electrons. The lowest BCUT2D eigenvalue weighted by Crippen LogP contribution is -2.44. The molecule has 2 heterocycles. The standard InChI is InChI=1S/C22H32F3N5O4S/c1-19(2,3)34-18(31)29-16(13-33-21(7,8)22(23,24)25)15-12-30-17(28-15)9-14(10-26-30)11-27-35(32)20(4,5)6/h9-12,16H,13H2,1-8H3,(H,29,31)/b27-11+/t16-,35?/m0/s1. The van der Waals surface area contributed by atoms with Crippen LogP contribution in [-0.4, -0.2) is 60.2 Å². The molecule has 2 rings (SSSR count). The van der Waals surface area contributed by atoms with Gasteiger partial charge in [0, 0.05) is 5.56 Å². The molecule has 0 saturated heterocycles. The molecule has 9 nitrogen and oxygen atoms in total. The Kier molecular flexibility index (Phi) is 8.50. The first-order valence-corrected chi connectivity index (χ1v) is 11.9. The maximum absolute atomic E-state index is 13.3. The van der Waals surface area contributed by atoms with E-state index in [4.69, 9.17) is 9.47 Å². The zero-order valence-corrected chi connectivity index (χ0v) is 21.9. The molecule has 0 bridgehead atoms. The van der Waals surface area contributed by atoms with Crippen molar-refractivity contribution in [2.45, 2.75) is 83.6 Å². The number of rotatable bonds is 7. The lowest BCUT2D eigenvalue weighted by Gasteiger charge is -2.30. The van der Waals surface area contributed by atoms with Gasteiger partial charge < -0.3 is 19.3 Å². The molecule has 35 heavy (non-hydrogen) atoms. The Bertz CT molecular complexity index is 1060. The third kappa shape index (κ3) is 8.36. The minimum atomic E-state index is -4.62. The van der Waals surface area contributed by atoms with E-state index in [1.165, 1.54) is 23.1 Å². The van der Waals surface area contributed by atoms with Crippen LogP contribution in [0.15, 0.2) is 22.9 Å². The Labute approximate surface area is 205 Å². The number of fused-ring (bicyclic) bond motifs is 1. The summed E-state index contributed by atoms with van der Waals surface area (Å²) in [6.07, 6.45) is -1.10. The summed E-state index contributed by atoms with van der Waals surface area (Å²) in [7, 11) is 0. The van der Waals surface area contributed by atoms with E-state index in [0.29, 0.717) is 11.2 Å². The van der Waals surface area contributed by atoms with Crippen LogP contribution >= 0.6 is 0 Å². The number of carbonyl (C=O) groups excluding carboxylic acids is 1. The lowest BCUT2D eigenvalue weighted by atomic mass is 10.1. The van der Waals surface area contributed by atoms with E-state index in [0.717, 1.165) is 13.8 Å². The van der Waals surface area contributed by atoms with Crippen LogP contribution < -0.4 is 5.32 Å². The van der Waals surface area contributed by atoms with E-state index in [9.17, 15) is 22.5 Å². The second-order valence-electron chi connectivity index (χ2n) is 10.4. The van der Waals surface area contributed by atoms with Crippen LogP contribution in [-0.2, 0) is 20.8 Å². The molecular formula is C22H32F3N5O4S. The van der Waals surface area contributed by atoms with Crippen molar-refractivity contribution in [3.63, 3.8) is 0 Å². The average Bonchev–Trinajstić information content (AvgIpc) is 3.09. The zero-order valence-electron chi connectivity index (χ0n) is 21.1. The minimum absolute atomic E-state index is 0.216. The van der Waals surface area contributed by atoms with Crippen LogP contribution in [0.2, 0.25) is 0 Å². The SMILES string of the molecule is CC(C)(C)OC(=O)N[C@@H](COC(C)(C)C(F)(F)F)c1cn2ncc(/C=N/[S+]([O-])C(C)(C)C)cc2n1. The maximum Gasteiger partial charge on any atom is 0.416 e. The van der Waals surface area contributed by atoms with Crippen molar-refractivity contribution in [2.24, 2.45) is 4.40 Å². The van der Waals surface area contributed by atoms with Gasteiger partial charge in [0.1, 0.15) is 21.7 Å². The molecule has 2 aromatic rings. The fourth-order valence-electron chi connectivity index (χ4n) is 2.44. The summed E-state index contributed by atoms with van der Waals surface area (Å²) >= 11 is -1.46. The van der Waals surface area contributed by atoms with Gasteiger partial charge in [0.15, 0.2) is 11.2 Å². The molecule has 13 heteroatoms. The number of nitrogens with zero attached hydrogens (tertiary/aromatic N) is 4. The van der Waals surface area contributed by atoms with Gasteiger partial charge in [-0.1, -0.05) is 4.40 Å². The first-order valence-electron chi connectivity index (χ1n) is 10.8. The highest BCUT2D eigenvalue weighted by Gasteiger charge is 2.49. The number of nitrogens with one attached hydrogen (secondary N) is 1. The van der Waals surface area contributed by atoms with Crippen molar-refractivity contribution >= 4 is 29.3 Å². The summed E-state index contributed by atoms with van der Waals surface area (Å²) in [6, 6.07) is 0.559. The van der Waals surface area contributed by atoms with E-state index in [1.807, 2.05) is 0 Å². The Morgan fingerprint density at radius 3 is 2.40 bits per heavy atom. The number of amides is 1. The molecule has 0 aromatic carbocycles. The second-order valence-corrected chi connectivity index (χ2v) is 12.3. The number of imidazole rings is 1. The molecule has 0 saturated carbocycles. The highest BCUT2D eigenvalue weighted by atomic mass is 32.2. The van der Waals surface area contributed by atoms with Crippen molar-refractivity contribution in [2.75, 3.05) is 6.61 Å². The van der Waals surface area contributed by atoms with E-state index < -0.39 is 52.2 Å². The summed E-state index contributed by atoms with van der Waals surface area (Å²) in [5, 5.41) is 6.73. The number of hydrogen-bond acceptors (Lipinski definition) is 7. The van der Waals surface area contributed by atoms with Crippen LogP contribution in [0, 0.1) is 0 Å². The second kappa shape index (κ2) is 10.3. The van der Waals surface area contributed by atoms with Gasteiger partial charge in [-0.3, -0.25) is 0 Å². The number of carbonyl (C=O) groups is 1. The molecule has 0 aliphatic carbocycles. The van der Waals surface area contributed by atoms with Gasteiger partial charge in [-0.2, -0.15) is 18.3 Å². The number of halogens is 3. The van der Waals surface area contributed by atoms with E-state index in [1.54, 1.807) is 47.6 Å². The predicted octanol–water partition coefficient (Wildman–Crippen LogP) is 4.53. The summed E-state index contributed by atoms with van der Waals surface area (Å²) in [4.78, 5) is 16.7. The Hall–Kier alpha value is -2.38. The predicted molar refractivity (Wildman–Crippen MR) is 127 cm³/mol. The molecular weight excluding hydrogens is 487 g/mol. The van der Waals surface area contributed by atoms with Gasteiger partial charge in [0.25, 0.3) is 0 Å². The molecule has 2 aromatic heterocycles. The molecule has 0 fully saturated rings. The molecule has 2 atom stereocenters. The van der Waals surface area contributed by atoms with Gasteiger partial charge in [0.2, 0.25) is 0 Å². The molecule has 1 unspecified atom stereocenters. The summed E-state index contributed by atoms with van der Waals surface area (Å²) in [5.41, 5.74) is -2.18. The first-order chi connectivity index (χ1) is 15.8. The minimum Gasteiger partial charge on any atom is -0.591 e. The average molecular weight is 520 g/mol. The molecule has 196 valence electrons. The molecule has 1 amide bonds. The van der Waals surface area contributed by atoms with Gasteiger partial charge in [-0.05, 0) is 61.5 Å². The number of alkyl carbamates (subject to hydrolysis) is 1. The maximum atomic E-state index is 13.3. The molecule has 0 aliphatic heterocycles. The van der Waals surface area contributed by atoms with Crippen LogP contribution in [0.25, 0.3) is 5.65 Å². The number of aromatic nitrogens is 3. The summed E-state index contributed by atoms with van der Waals surface area (Å²) in [6.45, 7) is 11.6. The normalized spacial score (nSPS) is 15.4. The van der Waals surface area contributed by atoms with Crippen molar-refractivity contribution in [3.8, 4) is 0 Å². The summed E-state index contributed by atoms with van der Waals surface area (Å²) < 4.78 is 67.3. The highest BCUT2D eigenvalue weighted by molar-refractivity contribution is 7.91. The van der Waals surface area contributed by atoms with Crippen LogP contribution in [0.4, 0.5) is 18.0 Å².